The van der Waals surface area contributed by atoms with Gasteiger partial charge in [0, 0.05) is 0 Å². The molecule has 0 saturated carbocycles. The van der Waals surface area contributed by atoms with E-state index in [2.05, 4.69) is 46.8 Å². The summed E-state index contributed by atoms with van der Waals surface area (Å²) < 4.78 is 6.13. The molecule has 1 aromatic carbocycles. The smallest absolute Gasteiger partial charge is 0.326 e. The van der Waals surface area contributed by atoms with Gasteiger partial charge in [-0.25, -0.2) is 4.79 Å². The fourth-order valence-electron chi connectivity index (χ4n) is 2.97. The van der Waals surface area contributed by atoms with Crippen molar-refractivity contribution in [1.29, 1.82) is 0 Å². The highest BCUT2D eigenvalue weighted by atomic mass is 16.5. The van der Waals surface area contributed by atoms with Crippen molar-refractivity contribution in [2.45, 2.75) is 65.5 Å². The molecule has 4 nitrogen and oxygen atoms in total. The maximum atomic E-state index is 11.7. The predicted molar refractivity (Wildman–Crippen MR) is 93.5 cm³/mol. The lowest BCUT2D eigenvalue weighted by molar-refractivity contribution is -0.138. The fraction of sp³-hybridized carbons (Fsp3) is 0.632. The van der Waals surface area contributed by atoms with E-state index in [1.165, 1.54) is 5.56 Å². The highest BCUT2D eigenvalue weighted by Gasteiger charge is 2.35. The highest BCUT2D eigenvalue weighted by molar-refractivity contribution is 5.80. The third kappa shape index (κ3) is 3.62. The van der Waals surface area contributed by atoms with E-state index < -0.39 is 12.0 Å². The van der Waals surface area contributed by atoms with Crippen LogP contribution in [0.4, 0.5) is 5.69 Å². The number of aliphatic carboxylic acids is 1. The molecular weight excluding hydrogens is 290 g/mol. The first-order valence-corrected chi connectivity index (χ1v) is 8.45. The first-order chi connectivity index (χ1) is 10.6. The molecule has 1 heterocycles. The van der Waals surface area contributed by atoms with Gasteiger partial charge in [0.1, 0.15) is 17.9 Å². The minimum Gasteiger partial charge on any atom is -0.486 e. The zero-order valence-electron chi connectivity index (χ0n) is 15.1. The Morgan fingerprint density at radius 1 is 1.39 bits per heavy atom. The number of hydrogen-bond acceptors (Lipinski definition) is 3. The van der Waals surface area contributed by atoms with Crippen LogP contribution < -0.4 is 9.64 Å². The van der Waals surface area contributed by atoms with Crippen molar-refractivity contribution in [3.05, 3.63) is 23.8 Å². The van der Waals surface area contributed by atoms with Crippen LogP contribution in [0.3, 0.4) is 0 Å². The monoisotopic (exact) mass is 319 g/mol. The molecule has 0 saturated heterocycles. The summed E-state index contributed by atoms with van der Waals surface area (Å²) in [6.45, 7) is 13.2. The summed E-state index contributed by atoms with van der Waals surface area (Å²) in [5.74, 6) is 0.353. The normalized spacial score (nSPS) is 19.3. The van der Waals surface area contributed by atoms with Crippen LogP contribution in [0.15, 0.2) is 18.2 Å². The second-order valence-electron chi connectivity index (χ2n) is 7.75. The van der Waals surface area contributed by atoms with Gasteiger partial charge in [-0.05, 0) is 35.4 Å². The van der Waals surface area contributed by atoms with Crippen molar-refractivity contribution in [1.82, 2.24) is 0 Å². The Bertz CT molecular complexity index is 574. The van der Waals surface area contributed by atoms with E-state index in [9.17, 15) is 9.90 Å². The van der Waals surface area contributed by atoms with Crippen molar-refractivity contribution in [2.24, 2.45) is 5.92 Å². The standard InChI is InChI=1S/C19H29NO3/c1-7-14(18(21)22)20-11-17(12(2)3)23-16-9-8-13(10-15(16)20)19(4,5)6/h8-10,12,14,17H,7,11H2,1-6H3,(H,21,22). The van der Waals surface area contributed by atoms with Gasteiger partial charge in [0.25, 0.3) is 0 Å². The second kappa shape index (κ2) is 6.42. The molecule has 2 unspecified atom stereocenters. The van der Waals surface area contributed by atoms with Crippen LogP contribution in [-0.4, -0.2) is 29.8 Å². The van der Waals surface area contributed by atoms with E-state index in [1.54, 1.807) is 0 Å². The van der Waals surface area contributed by atoms with Crippen LogP contribution in [-0.2, 0) is 10.2 Å². The summed E-state index contributed by atoms with van der Waals surface area (Å²) in [5.41, 5.74) is 2.11. The molecule has 0 aliphatic carbocycles. The van der Waals surface area contributed by atoms with E-state index in [0.717, 1.165) is 11.4 Å². The third-order valence-corrected chi connectivity index (χ3v) is 4.58. The lowest BCUT2D eigenvalue weighted by atomic mass is 9.86. The first kappa shape index (κ1) is 17.6. The molecule has 2 rings (SSSR count). The van der Waals surface area contributed by atoms with Crippen molar-refractivity contribution in [3.63, 3.8) is 0 Å². The maximum Gasteiger partial charge on any atom is 0.326 e. The summed E-state index contributed by atoms with van der Waals surface area (Å²) in [6, 6.07) is 5.65. The number of carboxylic acid groups (broad SMARTS) is 1. The van der Waals surface area contributed by atoms with Gasteiger partial charge in [-0.15, -0.1) is 0 Å². The molecule has 0 aromatic heterocycles. The van der Waals surface area contributed by atoms with E-state index in [4.69, 9.17) is 4.74 Å². The van der Waals surface area contributed by atoms with E-state index >= 15 is 0 Å². The van der Waals surface area contributed by atoms with Crippen LogP contribution >= 0.6 is 0 Å². The molecule has 1 aliphatic heterocycles. The SMILES string of the molecule is CCC(C(=O)O)N1CC(C(C)C)Oc2ccc(C(C)(C)C)cc21. The van der Waals surface area contributed by atoms with Gasteiger partial charge in [0.15, 0.2) is 0 Å². The zero-order chi connectivity index (χ0) is 17.4. The van der Waals surface area contributed by atoms with Crippen LogP contribution in [0.5, 0.6) is 5.75 Å². The predicted octanol–water partition coefficient (Wildman–Crippen LogP) is 4.07. The summed E-state index contributed by atoms with van der Waals surface area (Å²) in [7, 11) is 0. The van der Waals surface area contributed by atoms with Gasteiger partial charge >= 0.3 is 5.97 Å². The quantitative estimate of drug-likeness (QED) is 0.909. The van der Waals surface area contributed by atoms with Gasteiger partial charge in [-0.3, -0.25) is 0 Å². The molecule has 2 atom stereocenters. The van der Waals surface area contributed by atoms with Gasteiger partial charge < -0.3 is 14.7 Å². The Labute approximate surface area is 139 Å². The lowest BCUT2D eigenvalue weighted by Crippen LogP contribution is -2.50. The minimum absolute atomic E-state index is 0.0105. The van der Waals surface area contributed by atoms with E-state index in [1.807, 2.05) is 17.9 Å². The van der Waals surface area contributed by atoms with Crippen molar-refractivity contribution in [2.75, 3.05) is 11.4 Å². The number of fused-ring (bicyclic) bond motifs is 1. The van der Waals surface area contributed by atoms with Crippen molar-refractivity contribution in [3.8, 4) is 5.75 Å². The molecule has 4 heteroatoms. The summed E-state index contributed by atoms with van der Waals surface area (Å²) in [6.07, 6.45) is 0.579. The number of carboxylic acids is 1. The molecule has 0 bridgehead atoms. The Morgan fingerprint density at radius 3 is 2.52 bits per heavy atom. The number of anilines is 1. The fourth-order valence-corrected chi connectivity index (χ4v) is 2.97. The number of nitrogens with zero attached hydrogens (tertiary/aromatic N) is 1. The zero-order valence-corrected chi connectivity index (χ0v) is 15.1. The number of benzene rings is 1. The van der Waals surface area contributed by atoms with Crippen LogP contribution in [0.1, 0.15) is 53.5 Å². The molecule has 23 heavy (non-hydrogen) atoms. The highest BCUT2D eigenvalue weighted by Crippen LogP contribution is 2.39. The van der Waals surface area contributed by atoms with E-state index in [0.29, 0.717) is 18.9 Å². The Kier molecular flexibility index (Phi) is 4.92. The van der Waals surface area contributed by atoms with Crippen molar-refractivity contribution < 1.29 is 14.6 Å². The number of ether oxygens (including phenoxy) is 1. The molecule has 1 aliphatic rings. The topological polar surface area (TPSA) is 49.8 Å². The number of rotatable bonds is 4. The van der Waals surface area contributed by atoms with Gasteiger partial charge in [0.2, 0.25) is 0 Å². The molecule has 0 spiro atoms. The van der Waals surface area contributed by atoms with E-state index in [-0.39, 0.29) is 11.5 Å². The molecular formula is C19H29NO3. The third-order valence-electron chi connectivity index (χ3n) is 4.58. The molecule has 1 N–H and O–H groups in total. The summed E-state index contributed by atoms with van der Waals surface area (Å²) in [4.78, 5) is 13.7. The van der Waals surface area contributed by atoms with Crippen LogP contribution in [0.25, 0.3) is 0 Å². The van der Waals surface area contributed by atoms with Crippen molar-refractivity contribution >= 4 is 11.7 Å². The average Bonchev–Trinajstić information content (AvgIpc) is 2.45. The van der Waals surface area contributed by atoms with Crippen LogP contribution in [0, 0.1) is 5.92 Å². The van der Waals surface area contributed by atoms with Gasteiger partial charge in [-0.1, -0.05) is 47.6 Å². The Hall–Kier alpha value is -1.71. The molecule has 0 fully saturated rings. The van der Waals surface area contributed by atoms with Gasteiger partial charge in [-0.2, -0.15) is 0 Å². The molecule has 0 amide bonds. The summed E-state index contributed by atoms with van der Waals surface area (Å²) >= 11 is 0. The second-order valence-corrected chi connectivity index (χ2v) is 7.75. The molecule has 128 valence electrons. The van der Waals surface area contributed by atoms with Crippen LogP contribution in [0.2, 0.25) is 0 Å². The Balaban J connectivity index is 2.51. The average molecular weight is 319 g/mol. The lowest BCUT2D eigenvalue weighted by Gasteiger charge is -2.41. The maximum absolute atomic E-state index is 11.7. The molecule has 1 aromatic rings. The first-order valence-electron chi connectivity index (χ1n) is 8.45. The Morgan fingerprint density at radius 2 is 2.04 bits per heavy atom. The van der Waals surface area contributed by atoms with Gasteiger partial charge in [0.05, 0.1) is 12.2 Å². The number of hydrogen-bond donors (Lipinski definition) is 1. The number of carbonyl (C=O) groups is 1. The summed E-state index contributed by atoms with van der Waals surface area (Å²) in [5, 5.41) is 9.62. The minimum atomic E-state index is -0.774. The molecule has 0 radical (unpaired) electrons. The largest absolute Gasteiger partial charge is 0.486 e.